The molecule has 0 aliphatic heterocycles. The van der Waals surface area contributed by atoms with E-state index in [1.165, 1.54) is 0 Å². The van der Waals surface area contributed by atoms with Crippen LogP contribution in [0, 0.1) is 0 Å². The molecule has 48 heavy (non-hydrogen) atoms. The third-order valence-electron chi connectivity index (χ3n) is 7.80. The number of hydrogen-bond donors (Lipinski definition) is 0. The Balaban J connectivity index is 1.28. The summed E-state index contributed by atoms with van der Waals surface area (Å²) < 4.78 is 21.5. The van der Waals surface area contributed by atoms with Gasteiger partial charge in [-0.1, -0.05) is 6.07 Å². The zero-order chi connectivity index (χ0) is 33.3. The maximum Gasteiger partial charge on any atom is 0.119 e. The van der Waals surface area contributed by atoms with E-state index in [0.717, 1.165) is 68.5 Å². The summed E-state index contributed by atoms with van der Waals surface area (Å²) in [7, 11) is 6.65. The second-order valence-corrected chi connectivity index (χ2v) is 10.7. The lowest BCUT2D eigenvalue weighted by molar-refractivity contribution is 0.414. The highest BCUT2D eigenvalue weighted by molar-refractivity contribution is 5.79. The standard InChI is InChI=1S/C40H36N4O4/c1-45-37-20-12-32(13-21-37)43(33-14-22-38(46-2)23-15-33)31-10-8-29(9-11-31)41-42-30-6-5-7-36(28-30)44(34-16-24-39(47-3)25-17-34)35-18-26-40(48-4)27-19-35/h5-28H,1-4H3. The van der Waals surface area contributed by atoms with E-state index < -0.39 is 0 Å². The lowest BCUT2D eigenvalue weighted by atomic mass is 10.1. The van der Waals surface area contributed by atoms with Gasteiger partial charge in [0, 0.05) is 34.1 Å². The van der Waals surface area contributed by atoms with Gasteiger partial charge in [-0.15, -0.1) is 0 Å². The molecule has 6 aromatic carbocycles. The zero-order valence-corrected chi connectivity index (χ0v) is 27.3. The first kappa shape index (κ1) is 31.7. The molecule has 8 heteroatoms. The van der Waals surface area contributed by atoms with E-state index in [4.69, 9.17) is 18.9 Å². The number of methoxy groups -OCH3 is 4. The van der Waals surface area contributed by atoms with Crippen molar-refractivity contribution in [3.05, 3.63) is 146 Å². The number of nitrogens with zero attached hydrogens (tertiary/aromatic N) is 4. The lowest BCUT2D eigenvalue weighted by Gasteiger charge is -2.26. The van der Waals surface area contributed by atoms with E-state index >= 15 is 0 Å². The molecule has 0 heterocycles. The molecule has 0 aromatic heterocycles. The van der Waals surface area contributed by atoms with Crippen molar-refractivity contribution in [2.75, 3.05) is 38.2 Å². The van der Waals surface area contributed by atoms with Crippen LogP contribution in [0.25, 0.3) is 0 Å². The van der Waals surface area contributed by atoms with Gasteiger partial charge in [-0.3, -0.25) is 0 Å². The molecule has 0 unspecified atom stereocenters. The van der Waals surface area contributed by atoms with Crippen LogP contribution >= 0.6 is 0 Å². The fourth-order valence-corrected chi connectivity index (χ4v) is 5.30. The van der Waals surface area contributed by atoms with E-state index in [2.05, 4.69) is 26.1 Å². The van der Waals surface area contributed by atoms with Crippen LogP contribution in [0.3, 0.4) is 0 Å². The first-order valence-corrected chi connectivity index (χ1v) is 15.4. The Hall–Kier alpha value is -6.28. The third-order valence-corrected chi connectivity index (χ3v) is 7.80. The summed E-state index contributed by atoms with van der Waals surface area (Å²) in [5, 5.41) is 9.19. The van der Waals surface area contributed by atoms with Gasteiger partial charge >= 0.3 is 0 Å². The molecule has 0 N–H and O–H groups in total. The number of benzene rings is 6. The van der Waals surface area contributed by atoms with Crippen molar-refractivity contribution in [3.8, 4) is 23.0 Å². The monoisotopic (exact) mass is 636 g/mol. The summed E-state index contributed by atoms with van der Waals surface area (Å²) in [6, 6.07) is 47.8. The van der Waals surface area contributed by atoms with Gasteiger partial charge in [-0.05, 0) is 140 Å². The minimum absolute atomic E-state index is 0.724. The van der Waals surface area contributed by atoms with Gasteiger partial charge in [0.05, 0.1) is 39.8 Å². The van der Waals surface area contributed by atoms with E-state index in [1.807, 2.05) is 140 Å². The summed E-state index contributed by atoms with van der Waals surface area (Å²) in [6.45, 7) is 0. The topological polar surface area (TPSA) is 68.1 Å². The normalized spacial score (nSPS) is 10.8. The van der Waals surface area contributed by atoms with Crippen LogP contribution in [0.2, 0.25) is 0 Å². The Bertz CT molecular complexity index is 1850. The predicted molar refractivity (Wildman–Crippen MR) is 193 cm³/mol. The number of rotatable bonds is 12. The van der Waals surface area contributed by atoms with Gasteiger partial charge in [-0.25, -0.2) is 0 Å². The molecule has 240 valence electrons. The second-order valence-electron chi connectivity index (χ2n) is 10.7. The maximum atomic E-state index is 5.39. The molecule has 0 radical (unpaired) electrons. The van der Waals surface area contributed by atoms with E-state index in [0.29, 0.717) is 0 Å². The van der Waals surface area contributed by atoms with Crippen molar-refractivity contribution in [2.24, 2.45) is 10.2 Å². The highest BCUT2D eigenvalue weighted by Crippen LogP contribution is 2.39. The zero-order valence-electron chi connectivity index (χ0n) is 27.3. The molecule has 0 amide bonds. The predicted octanol–water partition coefficient (Wildman–Crippen LogP) is 11.1. The number of ether oxygens (including phenoxy) is 4. The van der Waals surface area contributed by atoms with Gasteiger partial charge in [0.2, 0.25) is 0 Å². The van der Waals surface area contributed by atoms with Crippen molar-refractivity contribution in [1.29, 1.82) is 0 Å². The Morgan fingerprint density at radius 1 is 0.333 bits per heavy atom. The van der Waals surface area contributed by atoms with E-state index in [9.17, 15) is 0 Å². The van der Waals surface area contributed by atoms with Gasteiger partial charge in [-0.2, -0.15) is 10.2 Å². The number of hydrogen-bond acceptors (Lipinski definition) is 8. The quantitative estimate of drug-likeness (QED) is 0.125. The summed E-state index contributed by atoms with van der Waals surface area (Å²) in [5.74, 6) is 3.17. The van der Waals surface area contributed by atoms with Crippen LogP contribution in [0.15, 0.2) is 156 Å². The molecular weight excluding hydrogens is 600 g/mol. The van der Waals surface area contributed by atoms with Crippen LogP contribution < -0.4 is 28.7 Å². The Morgan fingerprint density at radius 2 is 0.646 bits per heavy atom. The molecule has 6 aromatic rings. The molecule has 0 aliphatic carbocycles. The molecule has 8 nitrogen and oxygen atoms in total. The molecule has 0 fully saturated rings. The average molecular weight is 637 g/mol. The first-order chi connectivity index (χ1) is 23.6. The fourth-order valence-electron chi connectivity index (χ4n) is 5.30. The van der Waals surface area contributed by atoms with Crippen LogP contribution in [-0.2, 0) is 0 Å². The summed E-state index contributed by atoms with van der Waals surface area (Å²) in [5.41, 5.74) is 7.30. The minimum Gasteiger partial charge on any atom is -0.497 e. The van der Waals surface area contributed by atoms with E-state index in [-0.39, 0.29) is 0 Å². The van der Waals surface area contributed by atoms with Crippen LogP contribution in [-0.4, -0.2) is 28.4 Å². The summed E-state index contributed by atoms with van der Waals surface area (Å²) in [6.07, 6.45) is 0. The third kappa shape index (κ3) is 7.24. The summed E-state index contributed by atoms with van der Waals surface area (Å²) in [4.78, 5) is 4.32. The Labute approximate surface area is 281 Å². The highest BCUT2D eigenvalue weighted by atomic mass is 16.5. The van der Waals surface area contributed by atoms with Crippen molar-refractivity contribution in [3.63, 3.8) is 0 Å². The van der Waals surface area contributed by atoms with Crippen molar-refractivity contribution in [2.45, 2.75) is 0 Å². The lowest BCUT2D eigenvalue weighted by Crippen LogP contribution is -2.09. The molecular formula is C40H36N4O4. The molecule has 0 spiro atoms. The van der Waals surface area contributed by atoms with Crippen LogP contribution in [0.5, 0.6) is 23.0 Å². The van der Waals surface area contributed by atoms with Gasteiger partial charge in [0.15, 0.2) is 0 Å². The molecule has 0 atom stereocenters. The van der Waals surface area contributed by atoms with Crippen molar-refractivity contribution >= 4 is 45.5 Å². The molecule has 0 aliphatic rings. The van der Waals surface area contributed by atoms with Crippen molar-refractivity contribution < 1.29 is 18.9 Å². The SMILES string of the molecule is COc1ccc(N(c2ccc(N=Nc3cccc(N(c4ccc(OC)cc4)c4ccc(OC)cc4)c3)cc2)c2ccc(OC)cc2)cc1. The van der Waals surface area contributed by atoms with Gasteiger partial charge < -0.3 is 28.7 Å². The minimum atomic E-state index is 0.724. The molecule has 0 saturated heterocycles. The molecule has 0 bridgehead atoms. The van der Waals surface area contributed by atoms with Crippen LogP contribution in [0.1, 0.15) is 0 Å². The summed E-state index contributed by atoms with van der Waals surface area (Å²) >= 11 is 0. The molecule has 6 rings (SSSR count). The maximum absolute atomic E-state index is 5.39. The van der Waals surface area contributed by atoms with Gasteiger partial charge in [0.1, 0.15) is 23.0 Å². The van der Waals surface area contributed by atoms with E-state index in [1.54, 1.807) is 28.4 Å². The van der Waals surface area contributed by atoms with Crippen molar-refractivity contribution in [1.82, 2.24) is 0 Å². The Morgan fingerprint density at radius 3 is 1.00 bits per heavy atom. The Kier molecular flexibility index (Phi) is 9.82. The molecule has 0 saturated carbocycles. The van der Waals surface area contributed by atoms with Gasteiger partial charge in [0.25, 0.3) is 0 Å². The number of anilines is 6. The number of azo groups is 1. The van der Waals surface area contributed by atoms with Crippen LogP contribution in [0.4, 0.5) is 45.5 Å². The fraction of sp³-hybridized carbons (Fsp3) is 0.100. The first-order valence-electron chi connectivity index (χ1n) is 15.4. The average Bonchev–Trinajstić information content (AvgIpc) is 3.16. The highest BCUT2D eigenvalue weighted by Gasteiger charge is 2.15. The largest absolute Gasteiger partial charge is 0.497 e. The smallest absolute Gasteiger partial charge is 0.119 e. The second kappa shape index (κ2) is 14.9.